The number of aromatic amines is 1. The lowest BCUT2D eigenvalue weighted by Gasteiger charge is -2.24. The molecule has 0 saturated carbocycles. The van der Waals surface area contributed by atoms with E-state index in [0.29, 0.717) is 36.6 Å². The largest absolute Gasteiger partial charge is 0.396 e. The van der Waals surface area contributed by atoms with Crippen LogP contribution in [0.25, 0.3) is 10.9 Å². The summed E-state index contributed by atoms with van der Waals surface area (Å²) in [5.74, 6) is 0.311. The van der Waals surface area contributed by atoms with Gasteiger partial charge in [0.05, 0.1) is 5.52 Å². The van der Waals surface area contributed by atoms with Crippen LogP contribution in [-0.4, -0.2) is 63.6 Å². The normalized spacial score (nSPS) is 13.7. The summed E-state index contributed by atoms with van der Waals surface area (Å²) >= 11 is 0. The number of aliphatic imine (C=N–C) groups is 1. The molecule has 1 aromatic carbocycles. The van der Waals surface area contributed by atoms with Crippen LogP contribution in [0.4, 0.5) is 5.69 Å². The molecule has 0 fully saturated rings. The summed E-state index contributed by atoms with van der Waals surface area (Å²) in [5, 5.41) is 32.6. The Hall–Kier alpha value is -2.91. The fourth-order valence-electron chi connectivity index (χ4n) is 3.08. The smallest absolute Gasteiger partial charge is 0.271 e. The van der Waals surface area contributed by atoms with Crippen molar-refractivity contribution in [1.82, 2.24) is 20.4 Å². The molecule has 28 heavy (non-hydrogen) atoms. The summed E-state index contributed by atoms with van der Waals surface area (Å²) in [6.07, 6.45) is 3.84. The van der Waals surface area contributed by atoms with Gasteiger partial charge in [0, 0.05) is 36.0 Å². The van der Waals surface area contributed by atoms with Crippen LogP contribution in [0.5, 0.6) is 0 Å². The number of carbonyl (C=O) groups is 1. The summed E-state index contributed by atoms with van der Waals surface area (Å²) in [6, 6.07) is 5.51. The van der Waals surface area contributed by atoms with Gasteiger partial charge in [-0.15, -0.1) is 0 Å². The predicted octanol–water partition coefficient (Wildman–Crippen LogP) is 0.931. The minimum atomic E-state index is -0.276. The van der Waals surface area contributed by atoms with E-state index in [9.17, 15) is 9.90 Å². The number of carbonyl (C=O) groups excluding carboxylic acids is 1. The first-order valence-corrected chi connectivity index (χ1v) is 9.41. The molecule has 0 bridgehead atoms. The zero-order chi connectivity index (χ0) is 19.9. The van der Waals surface area contributed by atoms with Crippen LogP contribution >= 0.6 is 0 Å². The summed E-state index contributed by atoms with van der Waals surface area (Å²) in [4.78, 5) is 18.7. The first-order valence-electron chi connectivity index (χ1n) is 9.41. The number of amides is 1. The first-order chi connectivity index (χ1) is 13.7. The van der Waals surface area contributed by atoms with Crippen molar-refractivity contribution in [3.8, 4) is 0 Å². The molecule has 150 valence electrons. The molecule has 2 aromatic rings. The van der Waals surface area contributed by atoms with E-state index in [-0.39, 0.29) is 25.9 Å². The summed E-state index contributed by atoms with van der Waals surface area (Å²) < 4.78 is 0. The number of nitrogens with one attached hydrogen (secondary N) is 3. The molecule has 1 aliphatic heterocycles. The Labute approximate surface area is 163 Å². The lowest BCUT2D eigenvalue weighted by Crippen LogP contribution is -2.38. The Balaban J connectivity index is 1.75. The van der Waals surface area contributed by atoms with E-state index < -0.39 is 0 Å². The Bertz CT molecular complexity index is 889. The van der Waals surface area contributed by atoms with Crippen LogP contribution in [0, 0.1) is 0 Å². The monoisotopic (exact) mass is 386 g/mol. The van der Waals surface area contributed by atoms with E-state index >= 15 is 0 Å². The number of aryl methyl sites for hydroxylation is 1. The number of aromatic nitrogens is 2. The van der Waals surface area contributed by atoms with Gasteiger partial charge >= 0.3 is 0 Å². The number of nitrogens with zero attached hydrogens (tertiary/aromatic N) is 3. The summed E-state index contributed by atoms with van der Waals surface area (Å²) in [5.41, 5.74) is 2.80. The number of fused-ring (bicyclic) bond motifs is 1. The molecule has 1 aromatic heterocycles. The molecule has 5 N–H and O–H groups in total. The number of hydrogen-bond donors (Lipinski definition) is 5. The fraction of sp³-hybridized carbons (Fsp3) is 0.421. The molecule has 0 saturated heterocycles. The van der Waals surface area contributed by atoms with Crippen LogP contribution in [0.3, 0.4) is 0 Å². The zero-order valence-electron chi connectivity index (χ0n) is 15.9. The van der Waals surface area contributed by atoms with Crippen molar-refractivity contribution < 1.29 is 15.0 Å². The molecule has 2 heterocycles. The molecule has 0 radical (unpaired) electrons. The van der Waals surface area contributed by atoms with Gasteiger partial charge in [-0.25, -0.2) is 4.99 Å². The lowest BCUT2D eigenvalue weighted by molar-refractivity contribution is -0.113. The lowest BCUT2D eigenvalue weighted by atomic mass is 10.1. The second-order valence-corrected chi connectivity index (χ2v) is 6.53. The Morgan fingerprint density at radius 1 is 1.36 bits per heavy atom. The number of benzene rings is 1. The maximum Gasteiger partial charge on any atom is 0.271 e. The molecule has 0 aliphatic carbocycles. The van der Waals surface area contributed by atoms with Gasteiger partial charge in [-0.3, -0.25) is 9.89 Å². The van der Waals surface area contributed by atoms with Gasteiger partial charge in [0.15, 0.2) is 0 Å². The van der Waals surface area contributed by atoms with E-state index in [0.717, 1.165) is 23.0 Å². The van der Waals surface area contributed by atoms with Gasteiger partial charge in [-0.05, 0) is 37.5 Å². The molecule has 0 spiro atoms. The predicted molar refractivity (Wildman–Crippen MR) is 108 cm³/mol. The Morgan fingerprint density at radius 3 is 2.96 bits per heavy atom. The van der Waals surface area contributed by atoms with Crippen LogP contribution in [0.15, 0.2) is 35.0 Å². The van der Waals surface area contributed by atoms with Crippen LogP contribution in [0.1, 0.15) is 25.5 Å². The van der Waals surface area contributed by atoms with E-state index in [4.69, 9.17) is 5.11 Å². The van der Waals surface area contributed by atoms with Gasteiger partial charge in [-0.1, -0.05) is 6.92 Å². The van der Waals surface area contributed by atoms with E-state index in [1.54, 1.807) is 17.0 Å². The highest BCUT2D eigenvalue weighted by Crippen LogP contribution is 2.22. The van der Waals surface area contributed by atoms with Crippen molar-refractivity contribution in [2.45, 2.75) is 26.2 Å². The molecule has 0 atom stereocenters. The van der Waals surface area contributed by atoms with Gasteiger partial charge < -0.3 is 25.7 Å². The minimum absolute atomic E-state index is 0.115. The van der Waals surface area contributed by atoms with Crippen molar-refractivity contribution in [3.63, 3.8) is 0 Å². The number of aliphatic hydroxyl groups excluding tert-OH is 2. The Kier molecular flexibility index (Phi) is 6.62. The van der Waals surface area contributed by atoms with Gasteiger partial charge in [0.1, 0.15) is 24.9 Å². The van der Waals surface area contributed by atoms with Crippen molar-refractivity contribution in [2.75, 3.05) is 31.9 Å². The molecule has 1 amide bonds. The molecular formula is C19H26N6O3. The van der Waals surface area contributed by atoms with E-state index in [2.05, 4.69) is 25.8 Å². The number of anilines is 1. The Morgan fingerprint density at radius 2 is 2.21 bits per heavy atom. The van der Waals surface area contributed by atoms with E-state index in [1.165, 1.54) is 0 Å². The van der Waals surface area contributed by atoms with Gasteiger partial charge in [-0.2, -0.15) is 5.10 Å². The maximum atomic E-state index is 12.7. The third-order valence-corrected chi connectivity index (χ3v) is 4.49. The average molecular weight is 386 g/mol. The summed E-state index contributed by atoms with van der Waals surface area (Å²) in [6.45, 7) is 2.92. The SMILES string of the molecule is CCCN(CO)C1=NCNC(C(=O)Nc2ccc3n[nH]c(CCCO)c3c2)=C1. The molecule has 9 nitrogen and oxygen atoms in total. The standard InChI is InChI=1S/C19H26N6O3/c1-2-7-25(12-27)18-10-17(20-11-21-18)19(28)22-13-5-6-16-14(9-13)15(23-24-16)4-3-8-26/h5-6,9-10,20,26-27H,2-4,7-8,11-12H2,1H3,(H,22,28)(H,23,24). The van der Waals surface area contributed by atoms with Crippen LogP contribution in [-0.2, 0) is 11.2 Å². The first kappa shape index (κ1) is 19.8. The van der Waals surface area contributed by atoms with Crippen molar-refractivity contribution in [2.24, 2.45) is 4.99 Å². The fourth-order valence-corrected chi connectivity index (χ4v) is 3.08. The topological polar surface area (TPSA) is 126 Å². The zero-order valence-corrected chi connectivity index (χ0v) is 15.9. The number of aliphatic hydroxyl groups is 2. The molecule has 9 heteroatoms. The minimum Gasteiger partial charge on any atom is -0.396 e. The van der Waals surface area contributed by atoms with Crippen LogP contribution < -0.4 is 10.6 Å². The quantitative estimate of drug-likeness (QED) is 0.430. The summed E-state index contributed by atoms with van der Waals surface area (Å²) in [7, 11) is 0. The average Bonchev–Trinajstić information content (AvgIpc) is 3.12. The molecule has 1 aliphatic rings. The highest BCUT2D eigenvalue weighted by molar-refractivity contribution is 6.09. The highest BCUT2D eigenvalue weighted by atomic mass is 16.3. The molecule has 3 rings (SSSR count). The number of rotatable bonds is 8. The highest BCUT2D eigenvalue weighted by Gasteiger charge is 2.17. The third-order valence-electron chi connectivity index (χ3n) is 4.49. The third kappa shape index (κ3) is 4.49. The molecule has 0 unspecified atom stereocenters. The molecular weight excluding hydrogens is 360 g/mol. The number of amidine groups is 1. The van der Waals surface area contributed by atoms with Crippen molar-refractivity contribution >= 4 is 28.3 Å². The van der Waals surface area contributed by atoms with E-state index in [1.807, 2.05) is 19.1 Å². The van der Waals surface area contributed by atoms with Crippen LogP contribution in [0.2, 0.25) is 0 Å². The van der Waals surface area contributed by atoms with Crippen molar-refractivity contribution in [3.05, 3.63) is 35.7 Å². The second kappa shape index (κ2) is 9.34. The maximum absolute atomic E-state index is 12.7. The second-order valence-electron chi connectivity index (χ2n) is 6.53. The number of H-pyrrole nitrogens is 1. The van der Waals surface area contributed by atoms with Crippen molar-refractivity contribution in [1.29, 1.82) is 0 Å². The van der Waals surface area contributed by atoms with Gasteiger partial charge in [0.25, 0.3) is 5.91 Å². The number of hydrogen-bond acceptors (Lipinski definition) is 7. The van der Waals surface area contributed by atoms with Gasteiger partial charge in [0.2, 0.25) is 0 Å².